The van der Waals surface area contributed by atoms with Crippen LogP contribution in [0.1, 0.15) is 51.9 Å². The molecular weight excluding hydrogens is 232 g/mol. The van der Waals surface area contributed by atoms with Gasteiger partial charge in [0.15, 0.2) is 0 Å². The fourth-order valence-corrected chi connectivity index (χ4v) is 3.42. The highest BCUT2D eigenvalue weighted by Crippen LogP contribution is 2.26. The van der Waals surface area contributed by atoms with Crippen LogP contribution in [0.3, 0.4) is 0 Å². The summed E-state index contributed by atoms with van der Waals surface area (Å²) in [4.78, 5) is 2.69. The summed E-state index contributed by atoms with van der Waals surface area (Å²) in [5, 5.41) is 0. The molecule has 2 rings (SSSR count). The molecule has 17 heavy (non-hydrogen) atoms. The zero-order valence-corrected chi connectivity index (χ0v) is 12.1. The molecule has 102 valence electrons. The Hall–Kier alpha value is 0.210. The third-order valence-corrected chi connectivity index (χ3v) is 4.53. The van der Waals surface area contributed by atoms with Crippen molar-refractivity contribution in [3.05, 3.63) is 0 Å². The molecule has 0 aromatic heterocycles. The largest absolute Gasteiger partial charge is 0.328 e. The smallest absolute Gasteiger partial charge is 0.00509 e. The van der Waals surface area contributed by atoms with Crippen molar-refractivity contribution in [3.63, 3.8) is 0 Å². The molecule has 1 saturated heterocycles. The molecule has 1 saturated carbocycles. The van der Waals surface area contributed by atoms with E-state index in [0.717, 1.165) is 11.8 Å². The summed E-state index contributed by atoms with van der Waals surface area (Å²) in [5.41, 5.74) is 6.04. The minimum atomic E-state index is 0. The van der Waals surface area contributed by atoms with Crippen molar-refractivity contribution in [2.24, 2.45) is 17.6 Å². The van der Waals surface area contributed by atoms with E-state index in [2.05, 4.69) is 11.8 Å². The minimum Gasteiger partial charge on any atom is -0.328 e. The molecule has 0 radical (unpaired) electrons. The lowest BCUT2D eigenvalue weighted by molar-refractivity contribution is 0.128. The second kappa shape index (κ2) is 7.60. The summed E-state index contributed by atoms with van der Waals surface area (Å²) >= 11 is 0. The van der Waals surface area contributed by atoms with Crippen molar-refractivity contribution >= 4 is 12.4 Å². The van der Waals surface area contributed by atoms with Crippen LogP contribution in [0.2, 0.25) is 0 Å². The molecule has 1 aliphatic heterocycles. The second-order valence-electron chi connectivity index (χ2n) is 6.03. The molecule has 2 unspecified atom stereocenters. The Balaban J connectivity index is 0.00000144. The SMILES string of the molecule is CC(N)C1CCCN(CC2CCCCC2)C1.Cl. The lowest BCUT2D eigenvalue weighted by Crippen LogP contribution is -2.44. The monoisotopic (exact) mass is 260 g/mol. The van der Waals surface area contributed by atoms with E-state index in [9.17, 15) is 0 Å². The van der Waals surface area contributed by atoms with Crippen molar-refractivity contribution in [1.82, 2.24) is 4.90 Å². The van der Waals surface area contributed by atoms with Gasteiger partial charge in [-0.2, -0.15) is 0 Å². The van der Waals surface area contributed by atoms with E-state index in [4.69, 9.17) is 5.73 Å². The summed E-state index contributed by atoms with van der Waals surface area (Å²) in [5.74, 6) is 1.73. The molecule has 2 nitrogen and oxygen atoms in total. The standard InChI is InChI=1S/C14H28N2.ClH/c1-12(15)14-8-5-9-16(11-14)10-13-6-3-2-4-7-13;/h12-14H,2-11,15H2,1H3;1H. The first-order chi connectivity index (χ1) is 7.75. The van der Waals surface area contributed by atoms with Gasteiger partial charge in [-0.3, -0.25) is 0 Å². The van der Waals surface area contributed by atoms with Crippen LogP contribution in [0, 0.1) is 11.8 Å². The Kier molecular flexibility index (Phi) is 6.83. The second-order valence-corrected chi connectivity index (χ2v) is 6.03. The van der Waals surface area contributed by atoms with Gasteiger partial charge in [-0.05, 0) is 51.0 Å². The highest BCUT2D eigenvalue weighted by molar-refractivity contribution is 5.85. The van der Waals surface area contributed by atoms with E-state index < -0.39 is 0 Å². The summed E-state index contributed by atoms with van der Waals surface area (Å²) < 4.78 is 0. The maximum Gasteiger partial charge on any atom is 0.00509 e. The van der Waals surface area contributed by atoms with Crippen LogP contribution in [0.4, 0.5) is 0 Å². The average molecular weight is 261 g/mol. The Labute approximate surface area is 113 Å². The molecule has 0 amide bonds. The van der Waals surface area contributed by atoms with Crippen LogP contribution in [0.5, 0.6) is 0 Å². The van der Waals surface area contributed by atoms with Crippen molar-refractivity contribution in [2.75, 3.05) is 19.6 Å². The molecule has 2 N–H and O–H groups in total. The van der Waals surface area contributed by atoms with Crippen LogP contribution < -0.4 is 5.73 Å². The zero-order valence-electron chi connectivity index (χ0n) is 11.2. The number of nitrogens with zero attached hydrogens (tertiary/aromatic N) is 1. The van der Waals surface area contributed by atoms with Gasteiger partial charge < -0.3 is 10.6 Å². The molecule has 0 spiro atoms. The number of halogens is 1. The van der Waals surface area contributed by atoms with Gasteiger partial charge in [-0.25, -0.2) is 0 Å². The van der Waals surface area contributed by atoms with Gasteiger partial charge in [0.05, 0.1) is 0 Å². The topological polar surface area (TPSA) is 29.3 Å². The van der Waals surface area contributed by atoms with Crippen molar-refractivity contribution < 1.29 is 0 Å². The van der Waals surface area contributed by atoms with Crippen LogP contribution in [-0.4, -0.2) is 30.6 Å². The Morgan fingerprint density at radius 3 is 2.47 bits per heavy atom. The van der Waals surface area contributed by atoms with Gasteiger partial charge >= 0.3 is 0 Å². The lowest BCUT2D eigenvalue weighted by Gasteiger charge is -2.37. The number of hydrogen-bond acceptors (Lipinski definition) is 2. The van der Waals surface area contributed by atoms with Gasteiger partial charge in [0.25, 0.3) is 0 Å². The first-order valence-electron chi connectivity index (χ1n) is 7.23. The quantitative estimate of drug-likeness (QED) is 0.845. The molecule has 3 heteroatoms. The van der Waals surface area contributed by atoms with E-state index >= 15 is 0 Å². The molecule has 0 bridgehead atoms. The molecule has 0 aromatic carbocycles. The fourth-order valence-electron chi connectivity index (χ4n) is 3.42. The van der Waals surface area contributed by atoms with Crippen molar-refractivity contribution in [1.29, 1.82) is 0 Å². The first kappa shape index (κ1) is 15.3. The van der Waals surface area contributed by atoms with E-state index in [-0.39, 0.29) is 12.4 Å². The van der Waals surface area contributed by atoms with Gasteiger partial charge in [-0.15, -0.1) is 12.4 Å². The fraction of sp³-hybridized carbons (Fsp3) is 1.00. The van der Waals surface area contributed by atoms with E-state index in [1.807, 2.05) is 0 Å². The van der Waals surface area contributed by atoms with Crippen LogP contribution in [-0.2, 0) is 0 Å². The number of likely N-dealkylation sites (tertiary alicyclic amines) is 1. The summed E-state index contributed by atoms with van der Waals surface area (Å²) in [6, 6.07) is 0.383. The van der Waals surface area contributed by atoms with Gasteiger partial charge in [-0.1, -0.05) is 19.3 Å². The molecule has 1 heterocycles. The van der Waals surface area contributed by atoms with Crippen molar-refractivity contribution in [2.45, 2.75) is 57.9 Å². The van der Waals surface area contributed by atoms with Gasteiger partial charge in [0, 0.05) is 19.1 Å². The average Bonchev–Trinajstić information content (AvgIpc) is 2.30. The van der Waals surface area contributed by atoms with E-state index in [1.165, 1.54) is 64.6 Å². The summed E-state index contributed by atoms with van der Waals surface area (Å²) in [6.07, 6.45) is 10.1. The minimum absolute atomic E-state index is 0. The van der Waals surface area contributed by atoms with E-state index in [1.54, 1.807) is 0 Å². The predicted octanol–water partition coefficient (Wildman–Crippen LogP) is 3.05. The Morgan fingerprint density at radius 2 is 1.82 bits per heavy atom. The lowest BCUT2D eigenvalue weighted by atomic mass is 9.87. The zero-order chi connectivity index (χ0) is 11.4. The maximum absolute atomic E-state index is 6.04. The first-order valence-corrected chi connectivity index (χ1v) is 7.23. The molecule has 2 fully saturated rings. The van der Waals surface area contributed by atoms with Gasteiger partial charge in [0.1, 0.15) is 0 Å². The van der Waals surface area contributed by atoms with Gasteiger partial charge in [0.2, 0.25) is 0 Å². The highest BCUT2D eigenvalue weighted by Gasteiger charge is 2.24. The Morgan fingerprint density at radius 1 is 1.12 bits per heavy atom. The third kappa shape index (κ3) is 4.76. The van der Waals surface area contributed by atoms with E-state index in [0.29, 0.717) is 6.04 Å². The molecule has 1 aliphatic carbocycles. The Bertz CT molecular complexity index is 202. The number of hydrogen-bond donors (Lipinski definition) is 1. The maximum atomic E-state index is 6.04. The van der Waals surface area contributed by atoms with Crippen LogP contribution in [0.25, 0.3) is 0 Å². The highest BCUT2D eigenvalue weighted by atomic mass is 35.5. The van der Waals surface area contributed by atoms with Crippen molar-refractivity contribution in [3.8, 4) is 0 Å². The summed E-state index contributed by atoms with van der Waals surface area (Å²) in [7, 11) is 0. The predicted molar refractivity (Wildman–Crippen MR) is 76.6 cm³/mol. The number of rotatable bonds is 3. The normalized spacial score (nSPS) is 29.6. The molecule has 0 aromatic rings. The number of nitrogens with two attached hydrogens (primary N) is 1. The van der Waals surface area contributed by atoms with Crippen LogP contribution in [0.15, 0.2) is 0 Å². The number of piperidine rings is 1. The van der Waals surface area contributed by atoms with Crippen LogP contribution >= 0.6 is 12.4 Å². The molecule has 2 aliphatic rings. The molecular formula is C14H29ClN2. The third-order valence-electron chi connectivity index (χ3n) is 4.53. The summed E-state index contributed by atoms with van der Waals surface area (Å²) in [6.45, 7) is 6.10. The molecule has 2 atom stereocenters.